The molecule has 0 bridgehead atoms. The smallest absolute Gasteiger partial charge is 0.258 e. The first-order valence-electron chi connectivity index (χ1n) is 14.2. The maximum absolute atomic E-state index is 13.9. The monoisotopic (exact) mass is 524 g/mol. The zero-order valence-electron chi connectivity index (χ0n) is 23.4. The third-order valence-corrected chi connectivity index (χ3v) is 7.56. The van der Waals surface area contributed by atoms with Gasteiger partial charge in [0, 0.05) is 42.0 Å². The molecular formula is C33H40N4O2. The molecule has 0 saturated heterocycles. The molecule has 1 aliphatic rings. The largest absolute Gasteiger partial charge is 0.493 e. The van der Waals surface area contributed by atoms with Gasteiger partial charge in [0.25, 0.3) is 5.91 Å². The second kappa shape index (κ2) is 12.4. The van der Waals surface area contributed by atoms with Crippen LogP contribution in [0, 0.1) is 0 Å². The van der Waals surface area contributed by atoms with E-state index < -0.39 is 0 Å². The molecule has 2 heterocycles. The Hall–Kier alpha value is -3.77. The SMILES string of the molecule is CCCCN(C)CCCOc1cc(C(=O)N2CC[C@H](C)Nc3ccccc32)ccc1-c1ccc2[nH]ccc2c1. The van der Waals surface area contributed by atoms with Gasteiger partial charge in [0.15, 0.2) is 0 Å². The van der Waals surface area contributed by atoms with E-state index in [4.69, 9.17) is 4.74 Å². The number of unbranched alkanes of at least 4 members (excludes halogenated alkanes) is 1. The van der Waals surface area contributed by atoms with E-state index in [1.807, 2.05) is 53.6 Å². The standard InChI is InChI=1S/C33H40N4O2/c1-4-5-18-36(3)19-8-21-39-32-23-27(11-13-28(32)25-12-14-29-26(22-25)15-17-34-29)33(38)37-20-16-24(2)35-30-9-6-7-10-31(30)37/h6-7,9-15,17,22-24,34-35H,4-5,8,16,18-21H2,1-3H3/t24-/m0/s1. The van der Waals surface area contributed by atoms with Gasteiger partial charge in [0.05, 0.1) is 18.0 Å². The van der Waals surface area contributed by atoms with Gasteiger partial charge in [0.1, 0.15) is 5.75 Å². The van der Waals surface area contributed by atoms with Crippen LogP contribution in [0.25, 0.3) is 22.0 Å². The highest BCUT2D eigenvalue weighted by molar-refractivity contribution is 6.08. The first-order valence-corrected chi connectivity index (χ1v) is 14.2. The summed E-state index contributed by atoms with van der Waals surface area (Å²) in [5.41, 5.74) is 5.74. The van der Waals surface area contributed by atoms with Crippen LogP contribution in [0.2, 0.25) is 0 Å². The van der Waals surface area contributed by atoms with Crippen molar-refractivity contribution in [2.75, 3.05) is 43.5 Å². The van der Waals surface area contributed by atoms with Gasteiger partial charge in [-0.2, -0.15) is 0 Å². The molecule has 204 valence electrons. The molecule has 0 aliphatic carbocycles. The molecular weight excluding hydrogens is 484 g/mol. The molecule has 39 heavy (non-hydrogen) atoms. The van der Waals surface area contributed by atoms with E-state index >= 15 is 0 Å². The van der Waals surface area contributed by atoms with E-state index in [1.165, 1.54) is 12.8 Å². The zero-order chi connectivity index (χ0) is 27.2. The first kappa shape index (κ1) is 26.8. The van der Waals surface area contributed by atoms with Gasteiger partial charge >= 0.3 is 0 Å². The second-order valence-electron chi connectivity index (χ2n) is 10.7. The fraction of sp³-hybridized carbons (Fsp3) is 0.364. The lowest BCUT2D eigenvalue weighted by atomic mass is 10.0. The van der Waals surface area contributed by atoms with Crippen molar-refractivity contribution in [1.82, 2.24) is 9.88 Å². The van der Waals surface area contributed by atoms with Crippen LogP contribution in [-0.2, 0) is 0 Å². The summed E-state index contributed by atoms with van der Waals surface area (Å²) >= 11 is 0. The Labute approximate surface area is 232 Å². The zero-order valence-corrected chi connectivity index (χ0v) is 23.4. The maximum Gasteiger partial charge on any atom is 0.258 e. The lowest BCUT2D eigenvalue weighted by Gasteiger charge is -2.23. The van der Waals surface area contributed by atoms with Crippen molar-refractivity contribution in [2.24, 2.45) is 0 Å². The van der Waals surface area contributed by atoms with Gasteiger partial charge in [-0.25, -0.2) is 0 Å². The normalized spacial score (nSPS) is 15.2. The number of amides is 1. The molecule has 1 amide bonds. The molecule has 0 fully saturated rings. The molecule has 6 nitrogen and oxygen atoms in total. The maximum atomic E-state index is 13.9. The van der Waals surface area contributed by atoms with Crippen LogP contribution in [0.15, 0.2) is 72.9 Å². The molecule has 1 atom stereocenters. The van der Waals surface area contributed by atoms with Crippen molar-refractivity contribution in [3.05, 3.63) is 78.5 Å². The number of ether oxygens (including phenoxy) is 1. The number of rotatable bonds is 10. The third-order valence-electron chi connectivity index (χ3n) is 7.56. The predicted molar refractivity (Wildman–Crippen MR) is 162 cm³/mol. The number of carbonyl (C=O) groups excluding carboxylic acids is 1. The molecule has 2 N–H and O–H groups in total. The number of hydrogen-bond acceptors (Lipinski definition) is 4. The topological polar surface area (TPSA) is 60.6 Å². The van der Waals surface area contributed by atoms with Gasteiger partial charge in [-0.3, -0.25) is 4.79 Å². The van der Waals surface area contributed by atoms with Crippen molar-refractivity contribution < 1.29 is 9.53 Å². The minimum atomic E-state index is -0.00450. The highest BCUT2D eigenvalue weighted by atomic mass is 16.5. The summed E-state index contributed by atoms with van der Waals surface area (Å²) in [4.78, 5) is 21.4. The molecule has 1 aliphatic heterocycles. The number of H-pyrrole nitrogens is 1. The number of carbonyl (C=O) groups is 1. The van der Waals surface area contributed by atoms with E-state index in [-0.39, 0.29) is 5.91 Å². The highest BCUT2D eigenvalue weighted by Crippen LogP contribution is 2.35. The predicted octanol–water partition coefficient (Wildman–Crippen LogP) is 7.19. The van der Waals surface area contributed by atoms with E-state index in [0.29, 0.717) is 24.8 Å². The van der Waals surface area contributed by atoms with Gasteiger partial charge in [-0.15, -0.1) is 0 Å². The van der Waals surface area contributed by atoms with Crippen molar-refractivity contribution in [3.8, 4) is 16.9 Å². The summed E-state index contributed by atoms with van der Waals surface area (Å²) in [6.07, 6.45) is 6.17. The third kappa shape index (κ3) is 6.28. The van der Waals surface area contributed by atoms with Gasteiger partial charge in [0.2, 0.25) is 0 Å². The fourth-order valence-electron chi connectivity index (χ4n) is 5.27. The van der Waals surface area contributed by atoms with Crippen molar-refractivity contribution >= 4 is 28.2 Å². The Balaban J connectivity index is 1.42. The number of aromatic amines is 1. The summed E-state index contributed by atoms with van der Waals surface area (Å²) < 4.78 is 6.41. The quantitative estimate of drug-likeness (QED) is 0.216. The number of hydrogen-bond donors (Lipinski definition) is 2. The van der Waals surface area contributed by atoms with Crippen LogP contribution in [0.4, 0.5) is 11.4 Å². The van der Waals surface area contributed by atoms with E-state index in [1.54, 1.807) is 0 Å². The molecule has 6 heteroatoms. The number of aromatic nitrogens is 1. The van der Waals surface area contributed by atoms with Gasteiger partial charge in [-0.1, -0.05) is 31.5 Å². The van der Waals surface area contributed by atoms with Crippen molar-refractivity contribution in [1.29, 1.82) is 0 Å². The minimum absolute atomic E-state index is 0.00450. The molecule has 0 radical (unpaired) electrons. The Morgan fingerprint density at radius 1 is 1.05 bits per heavy atom. The summed E-state index contributed by atoms with van der Waals surface area (Å²) in [5, 5.41) is 4.70. The van der Waals surface area contributed by atoms with Gasteiger partial charge in [-0.05, 0) is 99.3 Å². The molecule has 5 rings (SSSR count). The summed E-state index contributed by atoms with van der Waals surface area (Å²) in [5.74, 6) is 0.747. The number of nitrogens with one attached hydrogen (secondary N) is 2. The fourth-order valence-corrected chi connectivity index (χ4v) is 5.27. The van der Waals surface area contributed by atoms with Gasteiger partial charge < -0.3 is 24.8 Å². The Bertz CT molecular complexity index is 1410. The van der Waals surface area contributed by atoms with Crippen molar-refractivity contribution in [3.63, 3.8) is 0 Å². The molecule has 0 spiro atoms. The Morgan fingerprint density at radius 2 is 1.90 bits per heavy atom. The Kier molecular flexibility index (Phi) is 8.52. The summed E-state index contributed by atoms with van der Waals surface area (Å²) in [6.45, 7) is 7.73. The van der Waals surface area contributed by atoms with Crippen LogP contribution in [-0.4, -0.2) is 55.1 Å². The lowest BCUT2D eigenvalue weighted by Crippen LogP contribution is -2.32. The van der Waals surface area contributed by atoms with Crippen LogP contribution in [0.3, 0.4) is 0 Å². The van der Waals surface area contributed by atoms with Crippen LogP contribution in [0.5, 0.6) is 5.75 Å². The summed E-state index contributed by atoms with van der Waals surface area (Å²) in [7, 11) is 2.17. The average molecular weight is 525 g/mol. The Morgan fingerprint density at radius 3 is 2.77 bits per heavy atom. The minimum Gasteiger partial charge on any atom is -0.493 e. The number of nitrogens with zero attached hydrogens (tertiary/aromatic N) is 2. The van der Waals surface area contributed by atoms with Crippen LogP contribution < -0.4 is 15.0 Å². The van der Waals surface area contributed by atoms with Crippen molar-refractivity contribution in [2.45, 2.75) is 45.6 Å². The van der Waals surface area contributed by atoms with Crippen LogP contribution >= 0.6 is 0 Å². The van der Waals surface area contributed by atoms with Crippen LogP contribution in [0.1, 0.15) is 49.9 Å². The molecule has 0 saturated carbocycles. The second-order valence-corrected chi connectivity index (χ2v) is 10.7. The molecule has 4 aromatic rings. The highest BCUT2D eigenvalue weighted by Gasteiger charge is 2.25. The number of anilines is 2. The number of para-hydroxylation sites is 2. The first-order chi connectivity index (χ1) is 19.0. The molecule has 1 aromatic heterocycles. The average Bonchev–Trinajstić information content (AvgIpc) is 3.36. The molecule has 0 unspecified atom stereocenters. The number of fused-ring (bicyclic) bond motifs is 2. The van der Waals surface area contributed by atoms with E-state index in [0.717, 1.165) is 65.1 Å². The number of benzene rings is 3. The van der Waals surface area contributed by atoms with E-state index in [2.05, 4.69) is 60.4 Å². The van der Waals surface area contributed by atoms with E-state index in [9.17, 15) is 4.79 Å². The summed E-state index contributed by atoms with van der Waals surface area (Å²) in [6, 6.07) is 22.7. The molecule has 3 aromatic carbocycles. The lowest BCUT2D eigenvalue weighted by molar-refractivity contribution is 0.0986.